The SMILES string of the molecule is CO[C@@H]1OC[C@@H](OCc2ccccc2)[C@H](OCc2ccccc2)[C@H]1NP(=O)(OC)OC. The Balaban J connectivity index is 1.80. The first-order valence-corrected chi connectivity index (χ1v) is 11.6. The molecule has 1 fully saturated rings. The maximum absolute atomic E-state index is 12.8. The molecule has 1 heterocycles. The Morgan fingerprint density at radius 3 is 1.97 bits per heavy atom. The molecule has 9 heteroatoms. The second kappa shape index (κ2) is 11.9. The minimum atomic E-state index is -3.58. The van der Waals surface area contributed by atoms with Gasteiger partial charge in [-0.3, -0.25) is 0 Å². The van der Waals surface area contributed by atoms with Gasteiger partial charge in [-0.2, -0.15) is 0 Å². The molecule has 0 aromatic heterocycles. The molecule has 0 amide bonds. The summed E-state index contributed by atoms with van der Waals surface area (Å²) in [7, 11) is 0.558. The van der Waals surface area contributed by atoms with Gasteiger partial charge < -0.3 is 28.0 Å². The lowest BCUT2D eigenvalue weighted by Crippen LogP contribution is -2.60. The number of benzene rings is 2. The van der Waals surface area contributed by atoms with Crippen molar-refractivity contribution in [1.29, 1.82) is 0 Å². The Labute approximate surface area is 183 Å². The van der Waals surface area contributed by atoms with Crippen LogP contribution in [0.5, 0.6) is 0 Å². The second-order valence-corrected chi connectivity index (χ2v) is 9.03. The third-order valence-corrected chi connectivity index (χ3v) is 6.63. The van der Waals surface area contributed by atoms with Crippen LogP contribution in [0.25, 0.3) is 0 Å². The summed E-state index contributed by atoms with van der Waals surface area (Å²) in [6.45, 7) is 0.986. The zero-order chi connectivity index (χ0) is 22.1. The largest absolute Gasteiger partial charge is 0.405 e. The highest BCUT2D eigenvalue weighted by Gasteiger charge is 2.45. The van der Waals surface area contributed by atoms with Crippen LogP contribution in [0.2, 0.25) is 0 Å². The molecule has 1 aliphatic heterocycles. The fraction of sp³-hybridized carbons (Fsp3) is 0.455. The molecule has 2 aromatic rings. The quantitative estimate of drug-likeness (QED) is 0.520. The van der Waals surface area contributed by atoms with Crippen molar-refractivity contribution in [2.75, 3.05) is 27.9 Å². The summed E-state index contributed by atoms with van der Waals surface area (Å²) in [5, 5.41) is 2.90. The van der Waals surface area contributed by atoms with Crippen LogP contribution in [0.3, 0.4) is 0 Å². The van der Waals surface area contributed by atoms with Gasteiger partial charge in [0.05, 0.1) is 25.9 Å². The smallest absolute Gasteiger partial charge is 0.369 e. The number of ether oxygens (including phenoxy) is 4. The molecule has 0 radical (unpaired) electrons. The third-order valence-electron chi connectivity index (χ3n) is 5.05. The lowest BCUT2D eigenvalue weighted by molar-refractivity contribution is -0.244. The number of hydrogen-bond acceptors (Lipinski definition) is 7. The molecule has 0 spiro atoms. The van der Waals surface area contributed by atoms with E-state index in [0.717, 1.165) is 11.1 Å². The summed E-state index contributed by atoms with van der Waals surface area (Å²) in [5.41, 5.74) is 2.03. The van der Waals surface area contributed by atoms with Gasteiger partial charge in [-0.05, 0) is 11.1 Å². The predicted octanol–water partition coefficient (Wildman–Crippen LogP) is 3.52. The Kier molecular flexibility index (Phi) is 9.19. The van der Waals surface area contributed by atoms with Crippen LogP contribution in [0.15, 0.2) is 60.7 Å². The summed E-state index contributed by atoms with van der Waals surface area (Å²) < 4.78 is 46.7. The Morgan fingerprint density at radius 2 is 1.45 bits per heavy atom. The van der Waals surface area contributed by atoms with Crippen molar-refractivity contribution in [3.63, 3.8) is 0 Å². The first-order valence-electron chi connectivity index (χ1n) is 10.0. The van der Waals surface area contributed by atoms with Crippen molar-refractivity contribution in [3.8, 4) is 0 Å². The highest BCUT2D eigenvalue weighted by molar-refractivity contribution is 7.51. The van der Waals surface area contributed by atoms with E-state index >= 15 is 0 Å². The minimum absolute atomic E-state index is 0.257. The van der Waals surface area contributed by atoms with Crippen molar-refractivity contribution in [3.05, 3.63) is 71.8 Å². The summed E-state index contributed by atoms with van der Waals surface area (Å²) in [4.78, 5) is 0. The average Bonchev–Trinajstić information content (AvgIpc) is 2.83. The second-order valence-electron chi connectivity index (χ2n) is 7.05. The first-order chi connectivity index (χ1) is 15.1. The topological polar surface area (TPSA) is 84.5 Å². The summed E-state index contributed by atoms with van der Waals surface area (Å²) in [6.07, 6.45) is -1.70. The van der Waals surface area contributed by atoms with Crippen LogP contribution < -0.4 is 5.09 Å². The van der Waals surface area contributed by atoms with Crippen LogP contribution in [-0.4, -0.2) is 52.5 Å². The number of methoxy groups -OCH3 is 1. The zero-order valence-corrected chi connectivity index (χ0v) is 18.9. The Bertz CT molecular complexity index is 815. The van der Waals surface area contributed by atoms with Gasteiger partial charge in [0.1, 0.15) is 12.2 Å². The maximum Gasteiger partial charge on any atom is 0.405 e. The van der Waals surface area contributed by atoms with E-state index in [4.69, 9.17) is 28.0 Å². The van der Waals surface area contributed by atoms with E-state index in [0.29, 0.717) is 13.2 Å². The van der Waals surface area contributed by atoms with Crippen molar-refractivity contribution < 1.29 is 32.6 Å². The van der Waals surface area contributed by atoms with Crippen molar-refractivity contribution >= 4 is 7.75 Å². The fourth-order valence-corrected chi connectivity index (χ4v) is 4.38. The van der Waals surface area contributed by atoms with Crippen molar-refractivity contribution in [2.24, 2.45) is 0 Å². The molecule has 1 N–H and O–H groups in total. The summed E-state index contributed by atoms with van der Waals surface area (Å²) in [5.74, 6) is 0. The molecular formula is C22H30NO7P. The monoisotopic (exact) mass is 451 g/mol. The van der Waals surface area contributed by atoms with E-state index in [1.165, 1.54) is 21.3 Å². The van der Waals surface area contributed by atoms with E-state index in [2.05, 4.69) is 5.09 Å². The summed E-state index contributed by atoms with van der Waals surface area (Å²) in [6, 6.07) is 19.0. The lowest BCUT2D eigenvalue weighted by Gasteiger charge is -2.42. The molecule has 0 saturated carbocycles. The number of nitrogens with one attached hydrogen (secondary N) is 1. The molecular weight excluding hydrogens is 421 g/mol. The first kappa shape index (κ1) is 24.0. The van der Waals surface area contributed by atoms with Gasteiger partial charge in [0.25, 0.3) is 0 Å². The molecule has 0 bridgehead atoms. The highest BCUT2D eigenvalue weighted by atomic mass is 31.2. The van der Waals surface area contributed by atoms with Gasteiger partial charge in [0.15, 0.2) is 6.29 Å². The molecule has 8 nitrogen and oxygen atoms in total. The van der Waals surface area contributed by atoms with Crippen LogP contribution in [0.1, 0.15) is 11.1 Å². The normalized spacial score (nSPS) is 24.2. The molecule has 4 atom stereocenters. The number of rotatable bonds is 11. The van der Waals surface area contributed by atoms with Gasteiger partial charge in [-0.25, -0.2) is 9.65 Å². The number of hydrogen-bond donors (Lipinski definition) is 1. The summed E-state index contributed by atoms with van der Waals surface area (Å²) >= 11 is 0. The highest BCUT2D eigenvalue weighted by Crippen LogP contribution is 2.44. The molecule has 31 heavy (non-hydrogen) atoms. The van der Waals surface area contributed by atoms with Crippen LogP contribution in [0.4, 0.5) is 0 Å². The van der Waals surface area contributed by atoms with Crippen LogP contribution >= 0.6 is 7.75 Å². The van der Waals surface area contributed by atoms with Crippen LogP contribution in [0, 0.1) is 0 Å². The molecule has 0 aliphatic carbocycles. The minimum Gasteiger partial charge on any atom is -0.369 e. The standard InChI is InChI=1S/C22H30NO7P/c1-25-22-20(23-31(24,26-2)27-3)21(29-15-18-12-8-5-9-13-18)19(16-30-22)28-14-17-10-6-4-7-11-17/h4-13,19-22H,14-16H2,1-3H3,(H,23,24)/t19-,20-,21+,22-/m1/s1. The van der Waals surface area contributed by atoms with E-state index in [9.17, 15) is 4.57 Å². The van der Waals surface area contributed by atoms with Crippen molar-refractivity contribution in [2.45, 2.75) is 37.8 Å². The van der Waals surface area contributed by atoms with Gasteiger partial charge in [0.2, 0.25) is 0 Å². The van der Waals surface area contributed by atoms with Gasteiger partial charge in [0, 0.05) is 21.3 Å². The molecule has 170 valence electrons. The Morgan fingerprint density at radius 1 is 0.903 bits per heavy atom. The molecule has 3 rings (SSSR count). The maximum atomic E-state index is 12.8. The molecule has 1 aliphatic rings. The van der Waals surface area contributed by atoms with Crippen molar-refractivity contribution in [1.82, 2.24) is 5.09 Å². The van der Waals surface area contributed by atoms with Gasteiger partial charge in [-0.1, -0.05) is 60.7 Å². The fourth-order valence-electron chi connectivity index (χ4n) is 3.38. The van der Waals surface area contributed by atoms with Crippen LogP contribution in [-0.2, 0) is 45.8 Å². The molecule has 1 saturated heterocycles. The van der Waals surface area contributed by atoms with E-state index < -0.39 is 32.3 Å². The average molecular weight is 451 g/mol. The predicted molar refractivity (Wildman–Crippen MR) is 115 cm³/mol. The zero-order valence-electron chi connectivity index (χ0n) is 18.0. The Hall–Kier alpha value is -1.61. The molecule has 2 aromatic carbocycles. The van der Waals surface area contributed by atoms with E-state index in [1.54, 1.807) is 0 Å². The van der Waals surface area contributed by atoms with Gasteiger partial charge >= 0.3 is 7.75 Å². The van der Waals surface area contributed by atoms with E-state index in [-0.39, 0.29) is 6.61 Å². The third kappa shape index (κ3) is 6.68. The molecule has 0 unspecified atom stereocenters. The lowest BCUT2D eigenvalue weighted by atomic mass is 10.0. The van der Waals surface area contributed by atoms with Gasteiger partial charge in [-0.15, -0.1) is 0 Å². The van der Waals surface area contributed by atoms with E-state index in [1.807, 2.05) is 60.7 Å².